The summed E-state index contributed by atoms with van der Waals surface area (Å²) in [6.07, 6.45) is 6.92. The van der Waals surface area contributed by atoms with Crippen LogP contribution in [0.25, 0.3) is 0 Å². The Hall–Kier alpha value is -4.08. The minimum atomic E-state index is -0.511. The molecule has 3 aromatic rings. The Bertz CT molecular complexity index is 1230. The molecule has 0 bridgehead atoms. The number of carbonyl (C=O) groups is 1. The summed E-state index contributed by atoms with van der Waals surface area (Å²) in [5.74, 6) is 1.01. The monoisotopic (exact) mass is 503 g/mol. The van der Waals surface area contributed by atoms with Crippen LogP contribution in [0.15, 0.2) is 36.4 Å². The van der Waals surface area contributed by atoms with Gasteiger partial charge in [0.1, 0.15) is 11.5 Å². The average Bonchev–Trinajstić information content (AvgIpc) is 2.91. The van der Waals surface area contributed by atoms with Crippen molar-refractivity contribution in [3.8, 4) is 11.5 Å². The fraction of sp³-hybridized carbons (Fsp3) is 0.407. The Labute approximate surface area is 216 Å². The van der Waals surface area contributed by atoms with Crippen LogP contribution in [-0.2, 0) is 0 Å². The number of benzene rings is 2. The lowest BCUT2D eigenvalue weighted by molar-refractivity contribution is 0.102. The normalized spacial score (nSPS) is 15.9. The number of phenolic OH excluding ortho intramolecular Hbond substituents is 2. The Morgan fingerprint density at radius 2 is 1.41 bits per heavy atom. The van der Waals surface area contributed by atoms with Gasteiger partial charge in [-0.1, -0.05) is 6.07 Å². The Kier molecular flexibility index (Phi) is 7.25. The number of rotatable bonds is 6. The van der Waals surface area contributed by atoms with E-state index in [4.69, 9.17) is 15.0 Å². The third kappa shape index (κ3) is 5.84. The highest BCUT2D eigenvalue weighted by molar-refractivity contribution is 6.06. The maximum absolute atomic E-state index is 12.6. The first kappa shape index (κ1) is 24.6. The Morgan fingerprint density at radius 3 is 1.97 bits per heavy atom. The van der Waals surface area contributed by atoms with Gasteiger partial charge in [-0.05, 0) is 75.3 Å². The lowest BCUT2D eigenvalue weighted by Gasteiger charge is -2.30. The van der Waals surface area contributed by atoms with Gasteiger partial charge in [0, 0.05) is 37.9 Å². The Morgan fingerprint density at radius 1 is 0.784 bits per heavy atom. The fourth-order valence-corrected chi connectivity index (χ4v) is 4.75. The molecule has 5 rings (SSSR count). The minimum absolute atomic E-state index is 0.112. The molecular weight excluding hydrogens is 470 g/mol. The number of nitrogens with one attached hydrogen (secondary N) is 2. The standard InChI is InChI=1S/C27H33N7O3/c1-18-8-10-20(22(35)16-18)24(37)29-21-11-9-19(17-23(21)36)28-25-30-26(33-12-4-2-5-13-33)32-27(31-25)34-14-6-3-7-15-34/h8-11,16-17,35-36H,2-7,12-15H2,1H3,(H,29,37)(H,28,30,31,32). The molecule has 0 spiro atoms. The third-order valence-electron chi connectivity index (χ3n) is 6.79. The van der Waals surface area contributed by atoms with Gasteiger partial charge in [0.2, 0.25) is 17.8 Å². The highest BCUT2D eigenvalue weighted by Crippen LogP contribution is 2.30. The van der Waals surface area contributed by atoms with Gasteiger partial charge in [0.15, 0.2) is 0 Å². The number of aryl methyl sites for hydroxylation is 1. The minimum Gasteiger partial charge on any atom is -0.507 e. The molecule has 0 aliphatic carbocycles. The van der Waals surface area contributed by atoms with E-state index in [0.717, 1.165) is 57.4 Å². The van der Waals surface area contributed by atoms with E-state index in [1.807, 2.05) is 6.92 Å². The summed E-state index contributed by atoms with van der Waals surface area (Å²) in [6.45, 7) is 5.53. The zero-order valence-electron chi connectivity index (χ0n) is 21.1. The van der Waals surface area contributed by atoms with Gasteiger partial charge in [-0.25, -0.2) is 0 Å². The van der Waals surface area contributed by atoms with Crippen molar-refractivity contribution < 1.29 is 15.0 Å². The molecule has 4 N–H and O–H groups in total. The van der Waals surface area contributed by atoms with E-state index in [0.29, 0.717) is 23.5 Å². The van der Waals surface area contributed by atoms with Crippen LogP contribution in [0.1, 0.15) is 54.4 Å². The number of anilines is 5. The first-order valence-corrected chi connectivity index (χ1v) is 12.9. The van der Waals surface area contributed by atoms with Gasteiger partial charge in [-0.2, -0.15) is 15.0 Å². The number of nitrogens with zero attached hydrogens (tertiary/aromatic N) is 5. The number of hydrogen-bond donors (Lipinski definition) is 4. The quantitative estimate of drug-likeness (QED) is 0.358. The molecule has 3 heterocycles. The second-order valence-electron chi connectivity index (χ2n) is 9.69. The van der Waals surface area contributed by atoms with Crippen LogP contribution in [0.5, 0.6) is 11.5 Å². The number of carbonyl (C=O) groups excluding carboxylic acids is 1. The van der Waals surface area contributed by atoms with Crippen molar-refractivity contribution in [2.45, 2.75) is 45.4 Å². The van der Waals surface area contributed by atoms with E-state index in [1.54, 1.807) is 24.3 Å². The molecule has 0 radical (unpaired) electrons. The van der Waals surface area contributed by atoms with Crippen molar-refractivity contribution in [2.24, 2.45) is 0 Å². The largest absolute Gasteiger partial charge is 0.507 e. The van der Waals surface area contributed by atoms with Gasteiger partial charge >= 0.3 is 0 Å². The number of amides is 1. The van der Waals surface area contributed by atoms with E-state index in [2.05, 4.69) is 20.4 Å². The molecule has 10 heteroatoms. The van der Waals surface area contributed by atoms with E-state index in [1.165, 1.54) is 25.0 Å². The lowest BCUT2D eigenvalue weighted by atomic mass is 10.1. The van der Waals surface area contributed by atoms with Gasteiger partial charge in [-0.15, -0.1) is 0 Å². The SMILES string of the molecule is Cc1ccc(C(=O)Nc2ccc(Nc3nc(N4CCCCC4)nc(N4CCCCC4)n3)cc2O)c(O)c1. The van der Waals surface area contributed by atoms with E-state index in [-0.39, 0.29) is 22.7 Å². The zero-order valence-corrected chi connectivity index (χ0v) is 21.1. The predicted molar refractivity (Wildman–Crippen MR) is 144 cm³/mol. The zero-order chi connectivity index (χ0) is 25.8. The first-order valence-electron chi connectivity index (χ1n) is 12.9. The molecule has 0 atom stereocenters. The molecule has 2 aromatic carbocycles. The number of piperidine rings is 2. The number of hydrogen-bond acceptors (Lipinski definition) is 9. The van der Waals surface area contributed by atoms with Crippen LogP contribution in [-0.4, -0.2) is 57.3 Å². The summed E-state index contributed by atoms with van der Waals surface area (Å²) in [5, 5.41) is 26.6. The molecule has 2 aliphatic heterocycles. The maximum atomic E-state index is 12.6. The fourth-order valence-electron chi connectivity index (χ4n) is 4.75. The van der Waals surface area contributed by atoms with Crippen LogP contribution in [0.2, 0.25) is 0 Å². The number of phenols is 2. The average molecular weight is 504 g/mol. The molecule has 0 saturated carbocycles. The van der Waals surface area contributed by atoms with E-state index >= 15 is 0 Å². The maximum Gasteiger partial charge on any atom is 0.259 e. The highest BCUT2D eigenvalue weighted by Gasteiger charge is 2.21. The van der Waals surface area contributed by atoms with E-state index in [9.17, 15) is 15.0 Å². The van der Waals surface area contributed by atoms with Crippen LogP contribution in [0.3, 0.4) is 0 Å². The summed E-state index contributed by atoms with van der Waals surface area (Å²) in [4.78, 5) is 31.2. The molecule has 1 aromatic heterocycles. The van der Waals surface area contributed by atoms with Crippen LogP contribution in [0, 0.1) is 6.92 Å². The molecule has 0 unspecified atom stereocenters. The summed E-state index contributed by atoms with van der Waals surface area (Å²) in [5.41, 5.74) is 1.79. The van der Waals surface area contributed by atoms with Gasteiger partial charge in [-0.3, -0.25) is 4.79 Å². The highest BCUT2D eigenvalue weighted by atomic mass is 16.3. The Balaban J connectivity index is 1.36. The number of aromatic hydroxyl groups is 2. The van der Waals surface area contributed by atoms with E-state index < -0.39 is 5.91 Å². The summed E-state index contributed by atoms with van der Waals surface area (Å²) in [6, 6.07) is 9.65. The smallest absolute Gasteiger partial charge is 0.259 e. The first-order chi connectivity index (χ1) is 18.0. The van der Waals surface area contributed by atoms with Crippen molar-refractivity contribution in [2.75, 3.05) is 46.6 Å². The van der Waals surface area contributed by atoms with Crippen molar-refractivity contribution in [1.82, 2.24) is 15.0 Å². The lowest BCUT2D eigenvalue weighted by Crippen LogP contribution is -2.34. The summed E-state index contributed by atoms with van der Waals surface area (Å²) < 4.78 is 0. The molecule has 37 heavy (non-hydrogen) atoms. The third-order valence-corrected chi connectivity index (χ3v) is 6.79. The molecule has 2 saturated heterocycles. The molecule has 2 fully saturated rings. The molecular formula is C27H33N7O3. The summed E-state index contributed by atoms with van der Waals surface area (Å²) >= 11 is 0. The van der Waals surface area contributed by atoms with Crippen LogP contribution >= 0.6 is 0 Å². The predicted octanol–water partition coefficient (Wildman–Crippen LogP) is 4.57. The van der Waals surface area contributed by atoms with Crippen molar-refractivity contribution >= 4 is 35.1 Å². The number of aromatic nitrogens is 3. The van der Waals surface area contributed by atoms with Gasteiger partial charge < -0.3 is 30.6 Å². The van der Waals surface area contributed by atoms with Crippen molar-refractivity contribution in [3.63, 3.8) is 0 Å². The molecule has 10 nitrogen and oxygen atoms in total. The van der Waals surface area contributed by atoms with Gasteiger partial charge in [0.05, 0.1) is 11.3 Å². The topological polar surface area (TPSA) is 127 Å². The van der Waals surface area contributed by atoms with Crippen LogP contribution in [0.4, 0.5) is 29.2 Å². The molecule has 194 valence electrons. The summed E-state index contributed by atoms with van der Waals surface area (Å²) in [7, 11) is 0. The molecule has 2 aliphatic rings. The molecule has 1 amide bonds. The second-order valence-corrected chi connectivity index (χ2v) is 9.69. The second kappa shape index (κ2) is 10.9. The van der Waals surface area contributed by atoms with Crippen molar-refractivity contribution in [1.29, 1.82) is 0 Å². The van der Waals surface area contributed by atoms with Gasteiger partial charge in [0.25, 0.3) is 5.91 Å². The van der Waals surface area contributed by atoms with Crippen molar-refractivity contribution in [3.05, 3.63) is 47.5 Å². The van der Waals surface area contributed by atoms with Crippen LogP contribution < -0.4 is 20.4 Å².